The number of nitrogens with zero attached hydrogens (tertiary/aromatic N) is 6. The smallest absolute Gasteiger partial charge is 0.332 e. The Morgan fingerprint density at radius 2 is 2.03 bits per heavy atom. The molecule has 0 amide bonds. The molecule has 0 bridgehead atoms. The Morgan fingerprint density at radius 1 is 1.18 bits per heavy atom. The summed E-state index contributed by atoms with van der Waals surface area (Å²) in [5.41, 5.74) is 7.32. The first-order chi connectivity index (χ1) is 18.5. The van der Waals surface area contributed by atoms with Crippen LogP contribution in [-0.4, -0.2) is 43.5 Å². The van der Waals surface area contributed by atoms with Crippen molar-refractivity contribution in [1.29, 1.82) is 0 Å². The minimum atomic E-state index is -0.465. The van der Waals surface area contributed by atoms with Crippen LogP contribution in [0.4, 0.5) is 10.9 Å². The van der Waals surface area contributed by atoms with E-state index < -0.39 is 11.2 Å². The van der Waals surface area contributed by atoms with Gasteiger partial charge < -0.3 is 15.4 Å². The predicted molar refractivity (Wildman–Crippen MR) is 149 cm³/mol. The van der Waals surface area contributed by atoms with Crippen LogP contribution in [0, 0.1) is 11.8 Å². The zero-order valence-electron chi connectivity index (χ0n) is 21.2. The van der Waals surface area contributed by atoms with Crippen LogP contribution in [0.25, 0.3) is 11.2 Å². The minimum Gasteiger partial charge on any atom is -0.453 e. The molecule has 2 aliphatic heterocycles. The zero-order valence-corrected chi connectivity index (χ0v) is 22.0. The molecular weight excluding hydrogens is 502 g/mol. The lowest BCUT2D eigenvalue weighted by atomic mass is 10.1. The number of para-hydroxylation sites is 1. The zero-order chi connectivity index (χ0) is 26.4. The second-order valence-electron chi connectivity index (χ2n) is 9.42. The van der Waals surface area contributed by atoms with Crippen molar-refractivity contribution in [2.75, 3.05) is 18.0 Å². The number of aliphatic imine (C=N–C) groups is 1. The number of hydrogen-bond acceptors (Lipinski definition) is 8. The quantitative estimate of drug-likeness (QED) is 0.407. The highest BCUT2D eigenvalue weighted by molar-refractivity contribution is 7.14. The molecule has 1 atom stereocenters. The first-order valence-electron chi connectivity index (χ1n) is 12.5. The van der Waals surface area contributed by atoms with Crippen molar-refractivity contribution in [1.82, 2.24) is 18.7 Å². The van der Waals surface area contributed by atoms with Crippen molar-refractivity contribution >= 4 is 39.2 Å². The maximum atomic E-state index is 14.0. The van der Waals surface area contributed by atoms with E-state index in [1.165, 1.54) is 20.5 Å². The van der Waals surface area contributed by atoms with Gasteiger partial charge in [-0.15, -0.1) is 17.3 Å². The first-order valence-corrected chi connectivity index (χ1v) is 13.4. The van der Waals surface area contributed by atoms with Gasteiger partial charge >= 0.3 is 5.69 Å². The largest absolute Gasteiger partial charge is 0.453 e. The molecular formula is C27H27N7O3S. The van der Waals surface area contributed by atoms with Crippen LogP contribution in [0.15, 0.2) is 50.3 Å². The molecule has 5 heterocycles. The van der Waals surface area contributed by atoms with Crippen LogP contribution in [0.5, 0.6) is 11.5 Å². The van der Waals surface area contributed by atoms with Gasteiger partial charge in [-0.25, -0.2) is 9.79 Å². The summed E-state index contributed by atoms with van der Waals surface area (Å²) in [6.45, 7) is 3.41. The summed E-state index contributed by atoms with van der Waals surface area (Å²) >= 11 is 1.44. The average Bonchev–Trinajstić information content (AvgIpc) is 3.49. The molecule has 0 spiro atoms. The summed E-state index contributed by atoms with van der Waals surface area (Å²) in [4.78, 5) is 39.3. The fourth-order valence-electron chi connectivity index (χ4n) is 5.05. The maximum Gasteiger partial charge on any atom is 0.332 e. The number of thiophene rings is 1. The topological polar surface area (TPSA) is 113 Å². The van der Waals surface area contributed by atoms with E-state index in [9.17, 15) is 9.59 Å². The molecule has 2 aliphatic rings. The van der Waals surface area contributed by atoms with Gasteiger partial charge in [0.05, 0.1) is 18.8 Å². The second-order valence-corrected chi connectivity index (χ2v) is 10.3. The predicted octanol–water partition coefficient (Wildman–Crippen LogP) is 2.84. The van der Waals surface area contributed by atoms with Crippen LogP contribution in [0.1, 0.15) is 25.3 Å². The van der Waals surface area contributed by atoms with E-state index in [2.05, 4.69) is 16.7 Å². The molecule has 1 saturated heterocycles. The van der Waals surface area contributed by atoms with Gasteiger partial charge in [0.15, 0.2) is 21.9 Å². The summed E-state index contributed by atoms with van der Waals surface area (Å²) in [6, 6.07) is 9.39. The summed E-state index contributed by atoms with van der Waals surface area (Å²) in [5, 5.41) is 2.59. The lowest BCUT2D eigenvalue weighted by Gasteiger charge is -2.31. The Balaban J connectivity index is 1.54. The Labute approximate surface area is 222 Å². The molecule has 0 radical (unpaired) electrons. The number of imidazole rings is 1. The molecule has 10 nitrogen and oxygen atoms in total. The molecule has 1 unspecified atom stereocenters. The van der Waals surface area contributed by atoms with Gasteiger partial charge in [-0.2, -0.15) is 4.98 Å². The van der Waals surface area contributed by atoms with Crippen molar-refractivity contribution in [3.05, 3.63) is 62.1 Å². The fraction of sp³-hybridized carbons (Fsp3) is 0.333. The SMILES string of the molecule is CC#CCn1c(N2CCCC(N)C2)nc2c1c(=O)n(CC1=Nc3sccc3Oc3ccccc31)c(=O)n2C. The van der Waals surface area contributed by atoms with Gasteiger partial charge in [0, 0.05) is 31.7 Å². The van der Waals surface area contributed by atoms with Gasteiger partial charge in [-0.1, -0.05) is 18.1 Å². The van der Waals surface area contributed by atoms with E-state index in [0.29, 0.717) is 45.9 Å². The van der Waals surface area contributed by atoms with E-state index in [1.807, 2.05) is 40.3 Å². The first kappa shape index (κ1) is 24.2. The molecule has 1 fully saturated rings. The van der Waals surface area contributed by atoms with E-state index in [1.54, 1.807) is 14.0 Å². The van der Waals surface area contributed by atoms with Crippen LogP contribution in [0.2, 0.25) is 0 Å². The highest BCUT2D eigenvalue weighted by atomic mass is 32.1. The molecule has 1 aromatic carbocycles. The van der Waals surface area contributed by atoms with Crippen LogP contribution in [-0.2, 0) is 20.1 Å². The Kier molecular flexibility index (Phi) is 6.13. The average molecular weight is 530 g/mol. The van der Waals surface area contributed by atoms with Gasteiger partial charge in [0.1, 0.15) is 5.75 Å². The van der Waals surface area contributed by atoms with E-state index in [-0.39, 0.29) is 19.1 Å². The van der Waals surface area contributed by atoms with Crippen LogP contribution >= 0.6 is 11.3 Å². The summed E-state index contributed by atoms with van der Waals surface area (Å²) in [6.07, 6.45) is 1.87. The molecule has 2 N–H and O–H groups in total. The normalized spacial score (nSPS) is 16.7. The molecule has 0 saturated carbocycles. The Bertz CT molecular complexity index is 1760. The van der Waals surface area contributed by atoms with E-state index in [0.717, 1.165) is 24.9 Å². The number of piperidine rings is 1. The van der Waals surface area contributed by atoms with Crippen molar-refractivity contribution in [3.63, 3.8) is 0 Å². The Morgan fingerprint density at radius 3 is 2.84 bits per heavy atom. The number of fused-ring (bicyclic) bond motifs is 3. The molecule has 0 aliphatic carbocycles. The minimum absolute atomic E-state index is 0.0201. The number of aromatic nitrogens is 4. The van der Waals surface area contributed by atoms with Gasteiger partial charge in [-0.05, 0) is 43.3 Å². The third-order valence-electron chi connectivity index (χ3n) is 6.94. The van der Waals surface area contributed by atoms with Crippen molar-refractivity contribution in [2.45, 2.75) is 38.9 Å². The molecule has 3 aromatic heterocycles. The lowest BCUT2D eigenvalue weighted by molar-refractivity contribution is 0.486. The maximum absolute atomic E-state index is 14.0. The van der Waals surface area contributed by atoms with Crippen molar-refractivity contribution < 1.29 is 4.74 Å². The molecule has 6 rings (SSSR count). The number of anilines is 1. The van der Waals surface area contributed by atoms with Crippen molar-refractivity contribution in [3.8, 4) is 23.3 Å². The third-order valence-corrected chi connectivity index (χ3v) is 7.73. The summed E-state index contributed by atoms with van der Waals surface area (Å²) in [5.74, 6) is 7.86. The highest BCUT2D eigenvalue weighted by Crippen LogP contribution is 2.41. The molecule has 194 valence electrons. The monoisotopic (exact) mass is 529 g/mol. The standard InChI is InChI=1S/C27H27N7O3S/c1-3-4-13-33-22-23(30-26(33)32-12-7-8-17(28)15-32)31(2)27(36)34(25(22)35)16-19-18-9-5-6-10-20(18)37-21-11-14-38-24(21)29-19/h5-6,9-11,14,17H,7-8,12-13,15-16,28H2,1-2H3. The molecule has 4 aromatic rings. The van der Waals surface area contributed by atoms with Gasteiger partial charge in [0.2, 0.25) is 5.95 Å². The van der Waals surface area contributed by atoms with Crippen LogP contribution < -0.4 is 26.6 Å². The number of rotatable bonds is 4. The third kappa shape index (κ3) is 4.02. The summed E-state index contributed by atoms with van der Waals surface area (Å²) in [7, 11) is 1.64. The second kappa shape index (κ2) is 9.63. The number of benzene rings is 1. The molecule has 38 heavy (non-hydrogen) atoms. The number of hydrogen-bond donors (Lipinski definition) is 1. The van der Waals surface area contributed by atoms with E-state index in [4.69, 9.17) is 20.4 Å². The van der Waals surface area contributed by atoms with Crippen molar-refractivity contribution in [2.24, 2.45) is 17.8 Å². The summed E-state index contributed by atoms with van der Waals surface area (Å²) < 4.78 is 10.5. The Hall–Kier alpha value is -4.14. The highest BCUT2D eigenvalue weighted by Gasteiger charge is 2.27. The van der Waals surface area contributed by atoms with Gasteiger partial charge in [0.25, 0.3) is 5.56 Å². The van der Waals surface area contributed by atoms with E-state index >= 15 is 0 Å². The van der Waals surface area contributed by atoms with Crippen LogP contribution in [0.3, 0.4) is 0 Å². The number of aryl methyl sites for hydroxylation is 1. The van der Waals surface area contributed by atoms with Gasteiger partial charge in [-0.3, -0.25) is 18.5 Å². The number of nitrogens with two attached hydrogens (primary N) is 1. The molecule has 11 heteroatoms. The fourth-order valence-corrected chi connectivity index (χ4v) is 5.76. The lowest BCUT2D eigenvalue weighted by Crippen LogP contribution is -2.44. The number of ether oxygens (including phenoxy) is 1.